The van der Waals surface area contributed by atoms with Gasteiger partial charge in [-0.2, -0.15) is 8.42 Å². The van der Waals surface area contributed by atoms with Crippen LogP contribution in [0.25, 0.3) is 0 Å². The molecule has 0 fully saturated rings. The van der Waals surface area contributed by atoms with E-state index in [1.807, 2.05) is 0 Å². The fourth-order valence-electron chi connectivity index (χ4n) is 0. The summed E-state index contributed by atoms with van der Waals surface area (Å²) in [5.74, 6) is 0. The summed E-state index contributed by atoms with van der Waals surface area (Å²) in [5, 5.41) is 7.06. The Morgan fingerprint density at radius 2 is 1.57 bits per heavy atom. The van der Waals surface area contributed by atoms with Gasteiger partial charge < -0.3 is 0 Å². The van der Waals surface area contributed by atoms with E-state index in [2.05, 4.69) is 4.33 Å². The lowest BCUT2D eigenvalue weighted by Crippen LogP contribution is -1.97. The van der Waals surface area contributed by atoms with Crippen LogP contribution >= 0.6 is 13.5 Å². The minimum Gasteiger partial charge on any atom is -0.262 e. The average Bonchev–Trinajstić information content (AvgIpc) is 1.35. The molecule has 0 bridgehead atoms. The molecule has 2 N–H and O–H groups in total. The Morgan fingerprint density at radius 3 is 1.57 bits per heavy atom. The number of hydrogen-bond donors (Lipinski definition) is 2. The highest BCUT2D eigenvalue weighted by atomic mass is 32.3. The molecule has 44 valence electrons. The van der Waals surface area contributed by atoms with E-state index in [1.165, 1.54) is 0 Å². The molecule has 0 aliphatic heterocycles. The molecule has 0 rings (SSSR count). The zero-order chi connectivity index (χ0) is 5.21. The molecule has 7 heavy (non-hydrogen) atoms. The minimum absolute atomic E-state index is 0. The molecular formula is H2O5S2. The van der Waals surface area contributed by atoms with Gasteiger partial charge in [0.1, 0.15) is 0 Å². The van der Waals surface area contributed by atoms with Gasteiger partial charge in [0.15, 0.2) is 0 Å². The lowest BCUT2D eigenvalue weighted by atomic mass is 15.0. The third-order valence-electron chi connectivity index (χ3n) is 0.0942. The van der Waals surface area contributed by atoms with Gasteiger partial charge in [-0.15, -0.1) is 0 Å². The monoisotopic (exact) mass is 146 g/mol. The smallest absolute Gasteiger partial charge is 0.262 e. The van der Waals surface area contributed by atoms with E-state index in [0.29, 0.717) is 0 Å². The first-order valence-corrected chi connectivity index (χ1v) is 2.23. The highest BCUT2D eigenvalue weighted by Crippen LogP contribution is 1.74. The fourth-order valence-corrected chi connectivity index (χ4v) is 0. The third-order valence-corrected chi connectivity index (χ3v) is 0.283. The first kappa shape index (κ1) is 10.2. The second-order valence-electron chi connectivity index (χ2n) is 0.502. The summed E-state index contributed by atoms with van der Waals surface area (Å²) >= 11 is 0. The molecule has 0 heterocycles. The van der Waals surface area contributed by atoms with E-state index < -0.39 is 10.4 Å². The van der Waals surface area contributed by atoms with Crippen molar-refractivity contribution in [2.45, 2.75) is 0 Å². The summed E-state index contributed by atoms with van der Waals surface area (Å²) in [7, 11) is -4.61. The van der Waals surface area contributed by atoms with Crippen molar-refractivity contribution in [3.05, 3.63) is 0 Å². The maximum atomic E-state index is 9.08. The molecule has 0 unspecified atom stereocenters. The van der Waals surface area contributed by atoms with Crippen molar-refractivity contribution in [2.24, 2.45) is 0 Å². The highest BCUT2D eigenvalue weighted by molar-refractivity contribution is 7.80. The molecule has 2 radical (unpaired) electrons. The van der Waals surface area contributed by atoms with Crippen LogP contribution in [0.2, 0.25) is 0 Å². The lowest BCUT2D eigenvalue weighted by Gasteiger charge is -1.79. The second kappa shape index (κ2) is 3.22. The van der Waals surface area contributed by atoms with Crippen LogP contribution in [0.15, 0.2) is 0 Å². The van der Waals surface area contributed by atoms with E-state index in [1.54, 1.807) is 0 Å². The Morgan fingerprint density at radius 1 is 1.43 bits per heavy atom. The topological polar surface area (TPSA) is 83.8 Å². The Labute approximate surface area is 47.2 Å². The van der Waals surface area contributed by atoms with Gasteiger partial charge in [-0.05, 0) is 0 Å². The van der Waals surface area contributed by atoms with Crippen molar-refractivity contribution in [3.63, 3.8) is 0 Å². The molecule has 0 aliphatic rings. The molecule has 0 amide bonds. The molecule has 0 aliphatic carbocycles. The molecule has 7 heteroatoms. The van der Waals surface area contributed by atoms with Crippen molar-refractivity contribution < 1.29 is 22.6 Å². The maximum absolute atomic E-state index is 9.08. The lowest BCUT2D eigenvalue weighted by molar-refractivity contribution is -0.139. The van der Waals surface area contributed by atoms with E-state index in [4.69, 9.17) is 18.2 Å². The quantitative estimate of drug-likeness (QED) is 0.307. The molecule has 0 saturated carbocycles. The van der Waals surface area contributed by atoms with Crippen molar-refractivity contribution in [3.8, 4) is 0 Å². The molecule has 0 aromatic carbocycles. The number of hydrogen-bond acceptors (Lipinski definition) is 4. The summed E-state index contributed by atoms with van der Waals surface area (Å²) in [6.07, 6.45) is 0. The van der Waals surface area contributed by atoms with Gasteiger partial charge in [0.2, 0.25) is 0 Å². The van der Waals surface area contributed by atoms with Crippen LogP contribution in [0.1, 0.15) is 0 Å². The Bertz CT molecular complexity index is 108. The summed E-state index contributed by atoms with van der Waals surface area (Å²) in [5.41, 5.74) is 0. The van der Waals surface area contributed by atoms with E-state index >= 15 is 0 Å². The van der Waals surface area contributed by atoms with Crippen LogP contribution in [-0.2, 0) is 14.7 Å². The first-order valence-electron chi connectivity index (χ1n) is 0.865. The van der Waals surface area contributed by atoms with Crippen LogP contribution in [0.3, 0.4) is 0 Å². The molecule has 0 atom stereocenters. The van der Waals surface area contributed by atoms with Crippen molar-refractivity contribution >= 4 is 23.9 Å². The fraction of sp³-hybridized carbons (Fsp3) is 0. The van der Waals surface area contributed by atoms with Crippen molar-refractivity contribution in [1.29, 1.82) is 0 Å². The van der Waals surface area contributed by atoms with Gasteiger partial charge in [0.05, 0.1) is 0 Å². The summed E-state index contributed by atoms with van der Waals surface area (Å²) < 4.78 is 28.0. The van der Waals surface area contributed by atoms with Crippen molar-refractivity contribution in [2.75, 3.05) is 0 Å². The first-order chi connectivity index (χ1) is 2.56. The Kier molecular flexibility index (Phi) is 4.70. The number of rotatable bonds is 1. The van der Waals surface area contributed by atoms with Gasteiger partial charge in [-0.25, -0.2) is 5.26 Å². The molecule has 0 spiro atoms. The zero-order valence-electron chi connectivity index (χ0n) is 2.94. The Hall–Kier alpha value is 0.180. The maximum Gasteiger partial charge on any atom is 0.423 e. The molecule has 0 aromatic rings. The summed E-state index contributed by atoms with van der Waals surface area (Å²) in [6, 6.07) is 0. The zero-order valence-corrected chi connectivity index (χ0v) is 4.57. The van der Waals surface area contributed by atoms with Crippen LogP contribution in [0.5, 0.6) is 0 Å². The van der Waals surface area contributed by atoms with Crippen LogP contribution < -0.4 is 0 Å². The van der Waals surface area contributed by atoms with Gasteiger partial charge in [-0.3, -0.25) is 4.55 Å². The van der Waals surface area contributed by atoms with Gasteiger partial charge in [0, 0.05) is 13.5 Å². The van der Waals surface area contributed by atoms with Gasteiger partial charge in [-0.1, -0.05) is 4.33 Å². The predicted octanol–water partition coefficient (Wildman–Crippen LogP) is -0.0730. The molecule has 0 saturated heterocycles. The molecular weight excluding hydrogens is 144 g/mol. The summed E-state index contributed by atoms with van der Waals surface area (Å²) in [6.45, 7) is 0. The average molecular weight is 146 g/mol. The minimum atomic E-state index is -4.61. The summed E-state index contributed by atoms with van der Waals surface area (Å²) in [4.78, 5) is 0. The van der Waals surface area contributed by atoms with Gasteiger partial charge >= 0.3 is 10.4 Å². The van der Waals surface area contributed by atoms with Crippen LogP contribution in [0.4, 0.5) is 0 Å². The van der Waals surface area contributed by atoms with E-state index in [0.717, 1.165) is 0 Å². The Balaban J connectivity index is 0. The largest absolute Gasteiger partial charge is 0.423 e. The molecule has 0 aromatic heterocycles. The normalized spacial score (nSPS) is 10.0. The van der Waals surface area contributed by atoms with Crippen molar-refractivity contribution in [1.82, 2.24) is 0 Å². The van der Waals surface area contributed by atoms with E-state index in [9.17, 15) is 0 Å². The second-order valence-corrected chi connectivity index (χ2v) is 1.51. The van der Waals surface area contributed by atoms with E-state index in [-0.39, 0.29) is 13.5 Å². The SMILES string of the molecule is O=S(=O)(O)OO.[S]. The third kappa shape index (κ3) is 10.7. The van der Waals surface area contributed by atoms with Crippen LogP contribution in [-0.4, -0.2) is 18.2 Å². The predicted molar refractivity (Wildman–Crippen MR) is 22.9 cm³/mol. The molecule has 5 nitrogen and oxygen atoms in total. The van der Waals surface area contributed by atoms with Gasteiger partial charge in [0.25, 0.3) is 0 Å². The van der Waals surface area contributed by atoms with Crippen LogP contribution in [0, 0.1) is 0 Å². The highest BCUT2D eigenvalue weighted by Gasteiger charge is 1.97. The standard InChI is InChI=1S/H2O5S.S/c1-5-6(2,3)4;/h1H,(H,2,3,4);.